The lowest BCUT2D eigenvalue weighted by atomic mass is 9.76. The Hall–Kier alpha value is -0.0800. The first-order valence-electron chi connectivity index (χ1n) is 9.06. The van der Waals surface area contributed by atoms with E-state index in [2.05, 4.69) is 37.9 Å². The van der Waals surface area contributed by atoms with Gasteiger partial charge >= 0.3 is 0 Å². The van der Waals surface area contributed by atoms with Crippen LogP contribution in [0.4, 0.5) is 0 Å². The Labute approximate surface area is 126 Å². The molecule has 1 heterocycles. The molecule has 0 spiro atoms. The zero-order valence-electron chi connectivity index (χ0n) is 14.2. The van der Waals surface area contributed by atoms with Gasteiger partial charge in [-0.25, -0.2) is 0 Å². The first-order chi connectivity index (χ1) is 9.59. The molecule has 0 amide bonds. The van der Waals surface area contributed by atoms with Crippen LogP contribution in [0.2, 0.25) is 0 Å². The molecule has 3 unspecified atom stereocenters. The van der Waals surface area contributed by atoms with Crippen molar-refractivity contribution in [3.63, 3.8) is 0 Å². The fraction of sp³-hybridized carbons (Fsp3) is 1.00. The van der Waals surface area contributed by atoms with Crippen LogP contribution in [-0.2, 0) is 0 Å². The minimum atomic E-state index is 0.696. The van der Waals surface area contributed by atoms with Gasteiger partial charge in [-0.1, -0.05) is 26.7 Å². The van der Waals surface area contributed by atoms with Crippen LogP contribution in [0.1, 0.15) is 66.2 Å². The zero-order valence-corrected chi connectivity index (χ0v) is 14.2. The summed E-state index contributed by atoms with van der Waals surface area (Å²) in [5.74, 6) is 2.63. The van der Waals surface area contributed by atoms with Gasteiger partial charge in [0, 0.05) is 18.6 Å². The first kappa shape index (κ1) is 16.3. The van der Waals surface area contributed by atoms with E-state index >= 15 is 0 Å². The largest absolute Gasteiger partial charge is 0.316 e. The van der Waals surface area contributed by atoms with Crippen molar-refractivity contribution in [1.29, 1.82) is 0 Å². The molecule has 0 aromatic carbocycles. The van der Waals surface area contributed by atoms with Gasteiger partial charge in [-0.05, 0) is 70.4 Å². The molecule has 1 aliphatic heterocycles. The van der Waals surface area contributed by atoms with Crippen molar-refractivity contribution >= 4 is 0 Å². The summed E-state index contributed by atoms with van der Waals surface area (Å²) in [6.07, 6.45) is 8.58. The molecule has 2 fully saturated rings. The molecular weight excluding hydrogens is 244 g/mol. The average molecular weight is 280 g/mol. The van der Waals surface area contributed by atoms with Gasteiger partial charge in [-0.2, -0.15) is 0 Å². The predicted molar refractivity (Wildman–Crippen MR) is 88.0 cm³/mol. The van der Waals surface area contributed by atoms with Crippen LogP contribution in [-0.4, -0.2) is 36.6 Å². The van der Waals surface area contributed by atoms with Gasteiger partial charge in [0.2, 0.25) is 0 Å². The summed E-state index contributed by atoms with van der Waals surface area (Å²) in [4.78, 5) is 2.86. The van der Waals surface area contributed by atoms with Crippen molar-refractivity contribution in [2.24, 2.45) is 17.8 Å². The summed E-state index contributed by atoms with van der Waals surface area (Å²) >= 11 is 0. The summed E-state index contributed by atoms with van der Waals surface area (Å²) in [6, 6.07) is 1.53. The van der Waals surface area contributed by atoms with Crippen molar-refractivity contribution in [3.8, 4) is 0 Å². The standard InChI is InChI=1S/C18H36N2/c1-14(2)17-9-5-6-10-18(17)20(15(3)4)13-16-8-7-11-19-12-16/h14-19H,5-13H2,1-4H3. The molecule has 118 valence electrons. The van der Waals surface area contributed by atoms with E-state index in [4.69, 9.17) is 0 Å². The smallest absolute Gasteiger partial charge is 0.0129 e. The summed E-state index contributed by atoms with van der Waals surface area (Å²) in [7, 11) is 0. The summed E-state index contributed by atoms with van der Waals surface area (Å²) in [5, 5.41) is 3.59. The Bertz CT molecular complexity index is 269. The van der Waals surface area contributed by atoms with E-state index in [9.17, 15) is 0 Å². The lowest BCUT2D eigenvalue weighted by Gasteiger charge is -2.45. The third-order valence-electron chi connectivity index (χ3n) is 5.60. The Morgan fingerprint density at radius 2 is 1.75 bits per heavy atom. The molecule has 1 saturated carbocycles. The number of rotatable bonds is 5. The highest BCUT2D eigenvalue weighted by atomic mass is 15.2. The monoisotopic (exact) mass is 280 g/mol. The van der Waals surface area contributed by atoms with Crippen molar-refractivity contribution in [2.75, 3.05) is 19.6 Å². The molecule has 1 N–H and O–H groups in total. The molecule has 1 saturated heterocycles. The van der Waals surface area contributed by atoms with Crippen molar-refractivity contribution in [1.82, 2.24) is 10.2 Å². The second-order valence-electron chi connectivity index (χ2n) is 7.76. The van der Waals surface area contributed by atoms with Crippen LogP contribution in [0, 0.1) is 17.8 Å². The van der Waals surface area contributed by atoms with Crippen molar-refractivity contribution in [3.05, 3.63) is 0 Å². The number of nitrogens with one attached hydrogen (secondary N) is 1. The highest BCUT2D eigenvalue weighted by Crippen LogP contribution is 2.35. The second kappa shape index (κ2) is 7.79. The van der Waals surface area contributed by atoms with Gasteiger partial charge in [0.05, 0.1) is 0 Å². The van der Waals surface area contributed by atoms with Crippen LogP contribution in [0.15, 0.2) is 0 Å². The minimum absolute atomic E-state index is 0.696. The maximum absolute atomic E-state index is 3.59. The summed E-state index contributed by atoms with van der Waals surface area (Å²) in [6.45, 7) is 13.5. The molecule has 3 atom stereocenters. The van der Waals surface area contributed by atoms with Crippen LogP contribution in [0.5, 0.6) is 0 Å². The van der Waals surface area contributed by atoms with Gasteiger partial charge in [0.1, 0.15) is 0 Å². The van der Waals surface area contributed by atoms with Gasteiger partial charge in [0.25, 0.3) is 0 Å². The second-order valence-corrected chi connectivity index (χ2v) is 7.76. The van der Waals surface area contributed by atoms with Crippen LogP contribution in [0.3, 0.4) is 0 Å². The number of hydrogen-bond acceptors (Lipinski definition) is 2. The van der Waals surface area contributed by atoms with E-state index < -0.39 is 0 Å². The number of hydrogen-bond donors (Lipinski definition) is 1. The Balaban J connectivity index is 2.01. The minimum Gasteiger partial charge on any atom is -0.316 e. The Morgan fingerprint density at radius 3 is 2.35 bits per heavy atom. The van der Waals surface area contributed by atoms with Gasteiger partial charge in [-0.3, -0.25) is 4.90 Å². The van der Waals surface area contributed by atoms with Crippen molar-refractivity contribution < 1.29 is 0 Å². The third kappa shape index (κ3) is 4.21. The van der Waals surface area contributed by atoms with Crippen LogP contribution in [0.25, 0.3) is 0 Å². The molecule has 2 heteroatoms. The first-order valence-corrected chi connectivity index (χ1v) is 9.06. The van der Waals surface area contributed by atoms with E-state index in [1.54, 1.807) is 0 Å². The molecule has 0 radical (unpaired) electrons. The number of nitrogens with zero attached hydrogens (tertiary/aromatic N) is 1. The average Bonchev–Trinajstić information content (AvgIpc) is 2.45. The Morgan fingerprint density at radius 1 is 1.00 bits per heavy atom. The third-order valence-corrected chi connectivity index (χ3v) is 5.60. The zero-order chi connectivity index (χ0) is 14.5. The molecule has 2 nitrogen and oxygen atoms in total. The molecule has 0 aromatic heterocycles. The van der Waals surface area contributed by atoms with Crippen molar-refractivity contribution in [2.45, 2.75) is 78.3 Å². The van der Waals surface area contributed by atoms with E-state index in [1.165, 1.54) is 58.2 Å². The molecular formula is C18H36N2. The molecule has 20 heavy (non-hydrogen) atoms. The maximum atomic E-state index is 3.59. The number of piperidine rings is 1. The van der Waals surface area contributed by atoms with E-state index in [-0.39, 0.29) is 0 Å². The molecule has 0 aromatic rings. The lowest BCUT2D eigenvalue weighted by molar-refractivity contribution is 0.0385. The van der Waals surface area contributed by atoms with Gasteiger partial charge in [0.15, 0.2) is 0 Å². The fourth-order valence-electron chi connectivity index (χ4n) is 4.44. The van der Waals surface area contributed by atoms with E-state index in [1.807, 2.05) is 0 Å². The Kier molecular flexibility index (Phi) is 6.35. The van der Waals surface area contributed by atoms with E-state index in [0.29, 0.717) is 6.04 Å². The molecule has 2 aliphatic rings. The van der Waals surface area contributed by atoms with E-state index in [0.717, 1.165) is 23.8 Å². The predicted octanol–water partition coefficient (Wildman–Crippen LogP) is 3.91. The van der Waals surface area contributed by atoms with Crippen LogP contribution >= 0.6 is 0 Å². The normalized spacial score (nSPS) is 32.2. The maximum Gasteiger partial charge on any atom is 0.0129 e. The summed E-state index contributed by atoms with van der Waals surface area (Å²) in [5.41, 5.74) is 0. The quantitative estimate of drug-likeness (QED) is 0.821. The molecule has 0 bridgehead atoms. The lowest BCUT2D eigenvalue weighted by Crippen LogP contribution is -2.51. The van der Waals surface area contributed by atoms with Gasteiger partial charge < -0.3 is 5.32 Å². The van der Waals surface area contributed by atoms with Gasteiger partial charge in [-0.15, -0.1) is 0 Å². The highest BCUT2D eigenvalue weighted by Gasteiger charge is 2.34. The topological polar surface area (TPSA) is 15.3 Å². The molecule has 1 aliphatic carbocycles. The molecule has 2 rings (SSSR count). The fourth-order valence-corrected chi connectivity index (χ4v) is 4.44. The summed E-state index contributed by atoms with van der Waals surface area (Å²) < 4.78 is 0. The van der Waals surface area contributed by atoms with Crippen LogP contribution < -0.4 is 5.32 Å². The SMILES string of the molecule is CC(C)C1CCCCC1N(CC1CCCNC1)C(C)C. The highest BCUT2D eigenvalue weighted by molar-refractivity contribution is 4.88.